The third-order valence-corrected chi connectivity index (χ3v) is 4.83. The highest BCUT2D eigenvalue weighted by atomic mass is 32.1. The van der Waals surface area contributed by atoms with Gasteiger partial charge in [0, 0.05) is 26.2 Å². The van der Waals surface area contributed by atoms with Gasteiger partial charge in [0.25, 0.3) is 0 Å². The van der Waals surface area contributed by atoms with Crippen molar-refractivity contribution in [3.05, 3.63) is 22.5 Å². The average molecular weight is 347 g/mol. The molecule has 6 nitrogen and oxygen atoms in total. The predicted octanol–water partition coefficient (Wildman–Crippen LogP) is 2.80. The Bertz CT molecular complexity index is 663. The lowest BCUT2D eigenvalue weighted by molar-refractivity contribution is -0.138. The molecule has 1 aliphatic rings. The SMILES string of the molecule is Cn1ncc(C(F)(F)F)c1CNc1nnc(C2CCOCC2)s1. The Morgan fingerprint density at radius 1 is 1.35 bits per heavy atom. The molecule has 0 amide bonds. The third-order valence-electron chi connectivity index (χ3n) is 3.79. The van der Waals surface area contributed by atoms with Crippen LogP contribution in [0.15, 0.2) is 6.20 Å². The molecule has 0 aliphatic carbocycles. The second-order valence-corrected chi connectivity index (χ2v) is 6.32. The maximum atomic E-state index is 12.9. The third kappa shape index (κ3) is 3.63. The van der Waals surface area contributed by atoms with Gasteiger partial charge in [-0.25, -0.2) is 0 Å². The van der Waals surface area contributed by atoms with Crippen LogP contribution in [0.2, 0.25) is 0 Å². The van der Waals surface area contributed by atoms with Crippen LogP contribution in [0.5, 0.6) is 0 Å². The van der Waals surface area contributed by atoms with E-state index in [2.05, 4.69) is 20.6 Å². The summed E-state index contributed by atoms with van der Waals surface area (Å²) in [6.45, 7) is 1.40. The number of nitrogens with one attached hydrogen (secondary N) is 1. The number of hydrogen-bond donors (Lipinski definition) is 1. The van der Waals surface area contributed by atoms with Crippen LogP contribution in [0.25, 0.3) is 0 Å². The molecule has 0 unspecified atom stereocenters. The second kappa shape index (κ2) is 6.44. The molecular formula is C13H16F3N5OS. The Morgan fingerprint density at radius 2 is 2.09 bits per heavy atom. The van der Waals surface area contributed by atoms with E-state index in [1.165, 1.54) is 23.1 Å². The maximum Gasteiger partial charge on any atom is 0.419 e. The summed E-state index contributed by atoms with van der Waals surface area (Å²) < 4.78 is 45.3. The highest BCUT2D eigenvalue weighted by Crippen LogP contribution is 2.33. The summed E-state index contributed by atoms with van der Waals surface area (Å²) in [5.41, 5.74) is -0.665. The zero-order valence-corrected chi connectivity index (χ0v) is 13.2. The molecule has 1 aliphatic heterocycles. The van der Waals surface area contributed by atoms with Crippen molar-refractivity contribution in [3.8, 4) is 0 Å². The molecular weight excluding hydrogens is 331 g/mol. The van der Waals surface area contributed by atoms with Gasteiger partial charge in [-0.15, -0.1) is 10.2 Å². The van der Waals surface area contributed by atoms with Crippen LogP contribution in [0.4, 0.5) is 18.3 Å². The van der Waals surface area contributed by atoms with Gasteiger partial charge in [-0.1, -0.05) is 11.3 Å². The molecule has 0 atom stereocenters. The van der Waals surface area contributed by atoms with E-state index in [0.717, 1.165) is 24.0 Å². The topological polar surface area (TPSA) is 64.9 Å². The largest absolute Gasteiger partial charge is 0.419 e. The summed E-state index contributed by atoms with van der Waals surface area (Å²) in [6.07, 6.45) is -1.78. The fourth-order valence-corrected chi connectivity index (χ4v) is 3.39. The standard InChI is InChI=1S/C13H16F3N5OS/c1-21-10(9(6-18-21)13(14,15)16)7-17-12-20-19-11(23-12)8-2-4-22-5-3-8/h6,8H,2-5,7H2,1H3,(H,17,20). The molecule has 3 rings (SSSR count). The van der Waals surface area contributed by atoms with E-state index in [1.807, 2.05) is 0 Å². The maximum absolute atomic E-state index is 12.9. The van der Waals surface area contributed by atoms with E-state index in [-0.39, 0.29) is 12.2 Å². The van der Waals surface area contributed by atoms with Crippen LogP contribution >= 0.6 is 11.3 Å². The molecule has 126 valence electrons. The quantitative estimate of drug-likeness (QED) is 0.921. The Morgan fingerprint density at radius 3 is 2.78 bits per heavy atom. The zero-order chi connectivity index (χ0) is 16.4. The number of aromatic nitrogens is 4. The monoisotopic (exact) mass is 347 g/mol. The van der Waals surface area contributed by atoms with Gasteiger partial charge in [0.1, 0.15) is 5.01 Å². The number of hydrogen-bond acceptors (Lipinski definition) is 6. The summed E-state index contributed by atoms with van der Waals surface area (Å²) in [5.74, 6) is 0.319. The molecule has 2 aromatic heterocycles. The minimum atomic E-state index is -4.42. The minimum absolute atomic E-state index is 0.00620. The highest BCUT2D eigenvalue weighted by Gasteiger charge is 2.35. The number of anilines is 1. The van der Waals surface area contributed by atoms with Gasteiger partial charge < -0.3 is 10.1 Å². The first-order valence-electron chi connectivity index (χ1n) is 7.18. The van der Waals surface area contributed by atoms with E-state index in [1.54, 1.807) is 0 Å². The van der Waals surface area contributed by atoms with E-state index < -0.39 is 11.7 Å². The molecule has 0 radical (unpaired) electrons. The number of ether oxygens (including phenoxy) is 1. The van der Waals surface area contributed by atoms with Crippen molar-refractivity contribution < 1.29 is 17.9 Å². The van der Waals surface area contributed by atoms with Crippen LogP contribution in [-0.4, -0.2) is 33.2 Å². The van der Waals surface area contributed by atoms with Gasteiger partial charge in [-0.05, 0) is 12.8 Å². The fourth-order valence-electron chi connectivity index (χ4n) is 2.48. The van der Waals surface area contributed by atoms with E-state index >= 15 is 0 Å². The molecule has 3 heterocycles. The molecule has 2 aromatic rings. The van der Waals surface area contributed by atoms with Crippen molar-refractivity contribution in [2.45, 2.75) is 31.5 Å². The Hall–Kier alpha value is -1.68. The molecule has 1 fully saturated rings. The lowest BCUT2D eigenvalue weighted by Crippen LogP contribution is -2.13. The lowest BCUT2D eigenvalue weighted by Gasteiger charge is -2.18. The number of alkyl halides is 3. The van der Waals surface area contributed by atoms with Crippen molar-refractivity contribution in [3.63, 3.8) is 0 Å². The smallest absolute Gasteiger partial charge is 0.381 e. The van der Waals surface area contributed by atoms with Crippen molar-refractivity contribution in [2.75, 3.05) is 18.5 Å². The summed E-state index contributed by atoms with van der Waals surface area (Å²) >= 11 is 1.38. The summed E-state index contributed by atoms with van der Waals surface area (Å²) in [7, 11) is 1.49. The highest BCUT2D eigenvalue weighted by molar-refractivity contribution is 7.15. The van der Waals surface area contributed by atoms with Gasteiger partial charge >= 0.3 is 6.18 Å². The summed E-state index contributed by atoms with van der Waals surface area (Å²) in [6, 6.07) is 0. The first-order valence-corrected chi connectivity index (χ1v) is 8.00. The molecule has 10 heteroatoms. The number of rotatable bonds is 4. The Kier molecular flexibility index (Phi) is 4.53. The summed E-state index contributed by atoms with van der Waals surface area (Å²) in [5, 5.41) is 16.2. The van der Waals surface area contributed by atoms with E-state index in [9.17, 15) is 13.2 Å². The second-order valence-electron chi connectivity index (χ2n) is 5.31. The van der Waals surface area contributed by atoms with Crippen molar-refractivity contribution in [1.29, 1.82) is 0 Å². The van der Waals surface area contributed by atoms with Crippen LogP contribution in [0, 0.1) is 0 Å². The van der Waals surface area contributed by atoms with Crippen LogP contribution in [-0.2, 0) is 24.5 Å². The predicted molar refractivity (Wildman–Crippen MR) is 78.2 cm³/mol. The number of nitrogens with zero attached hydrogens (tertiary/aromatic N) is 4. The Labute approximate surface area is 134 Å². The van der Waals surface area contributed by atoms with Gasteiger partial charge in [-0.3, -0.25) is 4.68 Å². The first kappa shape index (κ1) is 16.2. The Balaban J connectivity index is 1.67. The molecule has 0 spiro atoms. The minimum Gasteiger partial charge on any atom is -0.381 e. The van der Waals surface area contributed by atoms with Gasteiger partial charge in [0.15, 0.2) is 0 Å². The molecule has 1 N–H and O–H groups in total. The van der Waals surface area contributed by atoms with Crippen molar-refractivity contribution in [2.24, 2.45) is 7.05 Å². The van der Waals surface area contributed by atoms with Crippen LogP contribution in [0.1, 0.15) is 35.0 Å². The molecule has 23 heavy (non-hydrogen) atoms. The normalized spacial score (nSPS) is 16.7. The number of aryl methyl sites for hydroxylation is 1. The molecule has 0 saturated carbocycles. The van der Waals surface area contributed by atoms with Crippen molar-refractivity contribution >= 4 is 16.5 Å². The summed E-state index contributed by atoms with van der Waals surface area (Å²) in [4.78, 5) is 0. The fraction of sp³-hybridized carbons (Fsp3) is 0.615. The van der Waals surface area contributed by atoms with Crippen molar-refractivity contribution in [1.82, 2.24) is 20.0 Å². The molecule has 0 bridgehead atoms. The van der Waals surface area contributed by atoms with E-state index in [0.29, 0.717) is 24.3 Å². The van der Waals surface area contributed by atoms with Gasteiger partial charge in [0.2, 0.25) is 5.13 Å². The lowest BCUT2D eigenvalue weighted by atomic mass is 10.0. The average Bonchev–Trinajstić information content (AvgIpc) is 3.12. The van der Waals surface area contributed by atoms with E-state index in [4.69, 9.17) is 4.74 Å². The number of halogens is 3. The van der Waals surface area contributed by atoms with Crippen LogP contribution in [0.3, 0.4) is 0 Å². The molecule has 1 saturated heterocycles. The van der Waals surface area contributed by atoms with Gasteiger partial charge in [-0.2, -0.15) is 18.3 Å². The zero-order valence-electron chi connectivity index (χ0n) is 12.4. The molecule has 0 aromatic carbocycles. The first-order chi connectivity index (χ1) is 10.9. The van der Waals surface area contributed by atoms with Gasteiger partial charge in [0.05, 0.1) is 24.0 Å². The van der Waals surface area contributed by atoms with Crippen LogP contribution < -0.4 is 5.32 Å².